The maximum atomic E-state index is 14.0. The number of ether oxygens (including phenoxy) is 1. The molecule has 4 N–H and O–H groups in total. The van der Waals surface area contributed by atoms with Crippen LogP contribution in [-0.4, -0.2) is 73.8 Å². The summed E-state index contributed by atoms with van der Waals surface area (Å²) in [4.78, 5) is 54.6. The van der Waals surface area contributed by atoms with Crippen molar-refractivity contribution >= 4 is 23.8 Å². The molecule has 222 valence electrons. The van der Waals surface area contributed by atoms with Crippen molar-refractivity contribution in [2.24, 2.45) is 28.4 Å². The first kappa shape index (κ1) is 29.8. The Bertz CT molecular complexity index is 1160. The van der Waals surface area contributed by atoms with Crippen LogP contribution in [0.4, 0.5) is 4.79 Å². The number of amides is 4. The number of rotatable bonds is 7. The van der Waals surface area contributed by atoms with E-state index < -0.39 is 47.0 Å². The van der Waals surface area contributed by atoms with E-state index in [-0.39, 0.29) is 29.1 Å². The van der Waals surface area contributed by atoms with Crippen LogP contribution in [-0.2, 0) is 25.7 Å². The molecule has 6 atom stereocenters. The van der Waals surface area contributed by atoms with Gasteiger partial charge in [-0.05, 0) is 62.7 Å². The third-order valence-electron chi connectivity index (χ3n) is 8.68. The molecular formula is C28H45N7O5. The topological polar surface area (TPSA) is 162 Å². The van der Waals surface area contributed by atoms with Gasteiger partial charge in [0.15, 0.2) is 0 Å². The van der Waals surface area contributed by atoms with Gasteiger partial charge in [0.05, 0.1) is 0 Å². The highest BCUT2D eigenvalue weighted by atomic mass is 16.6. The number of nitrogens with two attached hydrogens (primary N) is 1. The lowest BCUT2D eigenvalue weighted by atomic mass is 9.85. The van der Waals surface area contributed by atoms with Crippen molar-refractivity contribution in [3.63, 3.8) is 0 Å². The molecule has 40 heavy (non-hydrogen) atoms. The Kier molecular flexibility index (Phi) is 7.70. The van der Waals surface area contributed by atoms with Crippen molar-refractivity contribution in [1.29, 1.82) is 0 Å². The van der Waals surface area contributed by atoms with Gasteiger partial charge in [-0.1, -0.05) is 34.6 Å². The van der Waals surface area contributed by atoms with Crippen LogP contribution in [0.2, 0.25) is 0 Å². The van der Waals surface area contributed by atoms with Crippen molar-refractivity contribution in [3.05, 3.63) is 12.2 Å². The fourth-order valence-corrected chi connectivity index (χ4v) is 6.45. The third-order valence-corrected chi connectivity index (χ3v) is 8.68. The van der Waals surface area contributed by atoms with E-state index in [9.17, 15) is 19.2 Å². The number of nitrogens with zero attached hydrogens (tertiary/aromatic N) is 4. The fraction of sp³-hybridized carbons (Fsp3) is 0.786. The maximum absolute atomic E-state index is 14.0. The minimum atomic E-state index is -0.920. The van der Waals surface area contributed by atoms with Crippen LogP contribution in [0.5, 0.6) is 0 Å². The first-order valence-corrected chi connectivity index (χ1v) is 14.2. The number of alkyl carbamates (subject to hydrolysis) is 1. The van der Waals surface area contributed by atoms with Crippen LogP contribution in [0.3, 0.4) is 0 Å². The zero-order valence-corrected chi connectivity index (χ0v) is 25.0. The van der Waals surface area contributed by atoms with Gasteiger partial charge in [0.2, 0.25) is 17.7 Å². The Morgan fingerprint density at radius 1 is 1.15 bits per heavy atom. The highest BCUT2D eigenvalue weighted by Crippen LogP contribution is 2.65. The number of hydrogen-bond acceptors (Lipinski definition) is 7. The van der Waals surface area contributed by atoms with Gasteiger partial charge >= 0.3 is 6.09 Å². The number of fused-ring (bicyclic) bond motifs is 2. The number of aryl methyl sites for hydroxylation is 1. The molecular weight excluding hydrogens is 514 g/mol. The van der Waals surface area contributed by atoms with E-state index in [2.05, 4.69) is 34.7 Å². The van der Waals surface area contributed by atoms with Crippen molar-refractivity contribution in [2.45, 2.75) is 111 Å². The number of hydrogen-bond donors (Lipinski definition) is 3. The van der Waals surface area contributed by atoms with E-state index in [4.69, 9.17) is 10.5 Å². The molecule has 3 unspecified atom stereocenters. The second-order valence-electron chi connectivity index (χ2n) is 14.3. The second-order valence-corrected chi connectivity index (χ2v) is 14.3. The van der Waals surface area contributed by atoms with E-state index in [0.29, 0.717) is 13.0 Å². The summed E-state index contributed by atoms with van der Waals surface area (Å²) < 4.78 is 7.39. The molecule has 3 aliphatic rings. The molecule has 0 radical (unpaired) electrons. The molecule has 1 aromatic heterocycles. The van der Waals surface area contributed by atoms with E-state index in [1.807, 2.05) is 25.3 Å². The normalized spacial score (nSPS) is 26.6. The highest BCUT2D eigenvalue weighted by Gasteiger charge is 2.70. The molecule has 12 nitrogen and oxygen atoms in total. The van der Waals surface area contributed by atoms with E-state index in [0.717, 1.165) is 25.2 Å². The van der Waals surface area contributed by atoms with Gasteiger partial charge in [0.1, 0.15) is 35.9 Å². The quantitative estimate of drug-likeness (QED) is 0.460. The lowest BCUT2D eigenvalue weighted by molar-refractivity contribution is -0.144. The summed E-state index contributed by atoms with van der Waals surface area (Å²) in [6, 6.07) is -2.62. The summed E-state index contributed by atoms with van der Waals surface area (Å²) in [5, 5.41) is 13.8. The Balaban J connectivity index is 1.53. The SMILES string of the molecule is CC(C)(C)OC(=O)NC(C(=O)N1C[C@H]2[C@@H]([C@H]1C(=O)NC(CC1CCCn3cnnc31)C(N)=O)C2(C)C)C(C)(C)C. The van der Waals surface area contributed by atoms with E-state index in [1.165, 1.54) is 0 Å². The molecule has 2 fully saturated rings. The Hall–Kier alpha value is -3.18. The third kappa shape index (κ3) is 5.95. The first-order valence-electron chi connectivity index (χ1n) is 14.2. The Labute approximate surface area is 236 Å². The number of likely N-dealkylation sites (tertiary alicyclic amines) is 1. The minimum absolute atomic E-state index is 0.0649. The van der Waals surface area contributed by atoms with E-state index >= 15 is 0 Å². The summed E-state index contributed by atoms with van der Waals surface area (Å²) in [7, 11) is 0. The molecule has 0 aromatic carbocycles. The Morgan fingerprint density at radius 3 is 2.42 bits per heavy atom. The molecule has 1 aliphatic carbocycles. The standard InChI is InChI=1S/C28H45N7O5/c1-26(2,3)20(32-25(39)40-27(4,5)6)24(38)35-13-16-18(28(16,7)8)19(35)23(37)31-17(21(29)36)12-15-10-9-11-34-14-30-33-22(15)34/h14-20H,9-13H2,1-8H3,(H2,29,36)(H,31,37)(H,32,39)/t15?,16-,17?,18-,19-,20?/m0/s1. The fourth-order valence-electron chi connectivity index (χ4n) is 6.45. The van der Waals surface area contributed by atoms with Gasteiger partial charge in [-0.2, -0.15) is 0 Å². The number of carbonyl (C=O) groups is 4. The molecule has 0 spiro atoms. The number of piperidine rings is 1. The van der Waals surface area contributed by atoms with Gasteiger partial charge in [0, 0.05) is 19.0 Å². The summed E-state index contributed by atoms with van der Waals surface area (Å²) in [5.74, 6) is -0.595. The summed E-state index contributed by atoms with van der Waals surface area (Å²) in [6.07, 6.45) is 3.02. The van der Waals surface area contributed by atoms with Crippen molar-refractivity contribution in [3.8, 4) is 0 Å². The first-order chi connectivity index (χ1) is 18.4. The molecule has 1 saturated carbocycles. The molecule has 4 amide bonds. The zero-order valence-electron chi connectivity index (χ0n) is 25.0. The highest BCUT2D eigenvalue weighted by molar-refractivity contribution is 5.95. The predicted molar refractivity (Wildman–Crippen MR) is 147 cm³/mol. The zero-order chi connectivity index (χ0) is 29.8. The molecule has 4 rings (SSSR count). The largest absolute Gasteiger partial charge is 0.444 e. The number of primary amides is 1. The monoisotopic (exact) mass is 559 g/mol. The predicted octanol–water partition coefficient (Wildman–Crippen LogP) is 1.94. The molecule has 0 bridgehead atoms. The average Bonchev–Trinajstić information content (AvgIpc) is 3.23. The number of carbonyl (C=O) groups excluding carboxylic acids is 4. The summed E-state index contributed by atoms with van der Waals surface area (Å²) in [5.41, 5.74) is 4.25. The number of nitrogens with one attached hydrogen (secondary N) is 2. The minimum Gasteiger partial charge on any atom is -0.444 e. The lowest BCUT2D eigenvalue weighted by Gasteiger charge is -2.38. The molecule has 1 saturated heterocycles. The van der Waals surface area contributed by atoms with Crippen LogP contribution >= 0.6 is 0 Å². The van der Waals surface area contributed by atoms with Gasteiger partial charge in [-0.3, -0.25) is 14.4 Å². The van der Waals surface area contributed by atoms with Crippen LogP contribution in [0.25, 0.3) is 0 Å². The average molecular weight is 560 g/mol. The molecule has 1 aromatic rings. The van der Waals surface area contributed by atoms with Crippen molar-refractivity contribution < 1.29 is 23.9 Å². The van der Waals surface area contributed by atoms with Gasteiger partial charge < -0.3 is 30.6 Å². The molecule has 3 heterocycles. The van der Waals surface area contributed by atoms with Crippen molar-refractivity contribution in [2.75, 3.05) is 6.54 Å². The molecule has 12 heteroatoms. The summed E-state index contributed by atoms with van der Waals surface area (Å²) in [6.45, 7) is 16.2. The van der Waals surface area contributed by atoms with Gasteiger partial charge in [-0.25, -0.2) is 4.79 Å². The van der Waals surface area contributed by atoms with Crippen LogP contribution < -0.4 is 16.4 Å². The molecule has 2 aliphatic heterocycles. The van der Waals surface area contributed by atoms with Crippen molar-refractivity contribution in [1.82, 2.24) is 30.3 Å². The van der Waals surface area contributed by atoms with Crippen LogP contribution in [0.1, 0.15) is 86.4 Å². The van der Waals surface area contributed by atoms with Crippen LogP contribution in [0, 0.1) is 22.7 Å². The summed E-state index contributed by atoms with van der Waals surface area (Å²) >= 11 is 0. The maximum Gasteiger partial charge on any atom is 0.408 e. The smallest absolute Gasteiger partial charge is 0.408 e. The number of aromatic nitrogens is 3. The van der Waals surface area contributed by atoms with Gasteiger partial charge in [0.25, 0.3) is 0 Å². The van der Waals surface area contributed by atoms with E-state index in [1.54, 1.807) is 32.0 Å². The van der Waals surface area contributed by atoms with Gasteiger partial charge in [-0.15, -0.1) is 10.2 Å². The lowest BCUT2D eigenvalue weighted by Crippen LogP contribution is -2.60. The Morgan fingerprint density at radius 2 is 1.82 bits per heavy atom. The second kappa shape index (κ2) is 10.3. The van der Waals surface area contributed by atoms with Crippen LogP contribution in [0.15, 0.2) is 6.33 Å².